The van der Waals surface area contributed by atoms with E-state index in [2.05, 4.69) is 115 Å². The van der Waals surface area contributed by atoms with Crippen LogP contribution in [0.2, 0.25) is 9.26 Å². The van der Waals surface area contributed by atoms with Gasteiger partial charge in [-0.05, 0) is 0 Å². The second-order valence-electron chi connectivity index (χ2n) is 12.1. The zero-order valence-corrected chi connectivity index (χ0v) is 27.9. The van der Waals surface area contributed by atoms with Crippen LogP contribution < -0.4 is 0 Å². The van der Waals surface area contributed by atoms with Crippen molar-refractivity contribution < 1.29 is 17.4 Å². The molecule has 192 valence electrons. The van der Waals surface area contributed by atoms with Crippen molar-refractivity contribution in [2.45, 2.75) is 49.6 Å². The van der Waals surface area contributed by atoms with Crippen LogP contribution in [0.25, 0.3) is 33.7 Å². The van der Waals surface area contributed by atoms with Gasteiger partial charge in [-0.2, -0.15) is 0 Å². The van der Waals surface area contributed by atoms with E-state index in [1.54, 1.807) is 22.3 Å². The average Bonchev–Trinajstić information content (AvgIpc) is 3.41. The normalized spacial score (nSPS) is 18.5. The quantitative estimate of drug-likeness (QED) is 0.194. The second-order valence-corrected chi connectivity index (χ2v) is 42.6. The van der Waals surface area contributed by atoms with Crippen LogP contribution in [0.3, 0.4) is 0 Å². The van der Waals surface area contributed by atoms with E-state index in [9.17, 15) is 0 Å². The van der Waals surface area contributed by atoms with Crippen molar-refractivity contribution in [3.63, 3.8) is 0 Å². The van der Waals surface area contributed by atoms with Gasteiger partial charge in [-0.3, -0.25) is 0 Å². The monoisotopic (exact) mass is 622 g/mol. The van der Waals surface area contributed by atoms with Gasteiger partial charge in [0.15, 0.2) is 0 Å². The van der Waals surface area contributed by atoms with Crippen molar-refractivity contribution in [3.8, 4) is 0 Å². The summed E-state index contributed by atoms with van der Waals surface area (Å²) >= 11 is -3.55. The molecule has 4 aromatic carbocycles. The van der Waals surface area contributed by atoms with Crippen LogP contribution in [0.5, 0.6) is 0 Å². The van der Waals surface area contributed by atoms with Crippen LogP contribution in [0.1, 0.15) is 62.6 Å². The first-order valence-electron chi connectivity index (χ1n) is 13.3. The third-order valence-electron chi connectivity index (χ3n) is 8.85. The van der Waals surface area contributed by atoms with E-state index in [0.29, 0.717) is 7.25 Å². The maximum absolute atomic E-state index is 3.55. The van der Waals surface area contributed by atoms with Crippen molar-refractivity contribution in [2.75, 3.05) is 0 Å². The third kappa shape index (κ3) is 4.47. The molecule has 2 atom stereocenters. The molecule has 0 radical (unpaired) electrons. The molecule has 4 aromatic rings. The van der Waals surface area contributed by atoms with Gasteiger partial charge in [-0.15, -0.1) is 24.8 Å². The largest absolute Gasteiger partial charge is 0.147 e. The summed E-state index contributed by atoms with van der Waals surface area (Å²) in [7, 11) is 0. The smallest absolute Gasteiger partial charge is 0.147 e. The van der Waals surface area contributed by atoms with Gasteiger partial charge >= 0.3 is 214 Å². The molecule has 37 heavy (non-hydrogen) atoms. The van der Waals surface area contributed by atoms with Crippen LogP contribution in [0.15, 0.2) is 83.9 Å². The minimum absolute atomic E-state index is 0. The first-order valence-corrected chi connectivity index (χ1v) is 27.0. The van der Waals surface area contributed by atoms with Crippen LogP contribution in [0.4, 0.5) is 0 Å². The minimum Gasteiger partial charge on any atom is -0.147 e. The second kappa shape index (κ2) is 10.3. The molecule has 0 saturated heterocycles. The first kappa shape index (κ1) is 28.6. The molecule has 0 bridgehead atoms. The number of rotatable bonds is 5. The van der Waals surface area contributed by atoms with Crippen LogP contribution in [-0.4, -0.2) is 6.88 Å². The number of fused-ring (bicyclic) bond motifs is 6. The Hall–Kier alpha value is -1.44. The summed E-state index contributed by atoms with van der Waals surface area (Å²) in [5.74, 6) is 0. The number of unbranched alkanes of at least 4 members (excludes halogenated alkanes) is 1. The standard InChI is InChI=1S/C17H17.C14H11.2CH3.2ClH.H2Si.Zr/c1-2-3-6-13-11-15-10-9-14-7-4-5-8-16(14)17(15)12-13;1-10-8-12-7-6-11-4-2-3-5-13(11)14(12)9-10;;;;;;/h4-5,7-12H,2-3,6H2,1H3;2-9H,1H3;2*1H3;2*1H;1H2;. The summed E-state index contributed by atoms with van der Waals surface area (Å²) in [4.78, 5) is 0. The van der Waals surface area contributed by atoms with Crippen molar-refractivity contribution in [1.82, 2.24) is 0 Å². The molecule has 0 fully saturated rings. The maximum Gasteiger partial charge on any atom is -0.147 e. The van der Waals surface area contributed by atoms with E-state index in [4.69, 9.17) is 0 Å². The molecule has 0 spiro atoms. The van der Waals surface area contributed by atoms with E-state index in [1.807, 2.05) is 0 Å². The van der Waals surface area contributed by atoms with Gasteiger partial charge in [0, 0.05) is 0 Å². The number of benzene rings is 4. The van der Waals surface area contributed by atoms with E-state index >= 15 is 0 Å². The number of hydrogen-bond donors (Lipinski definition) is 0. The molecule has 0 aromatic heterocycles. The fraction of sp³-hybridized carbons (Fsp3) is 0.273. The number of hydrogen-bond acceptors (Lipinski definition) is 0. The van der Waals surface area contributed by atoms with Gasteiger partial charge < -0.3 is 0 Å². The van der Waals surface area contributed by atoms with Gasteiger partial charge in [0.05, 0.1) is 0 Å². The summed E-state index contributed by atoms with van der Waals surface area (Å²) in [5.41, 5.74) is 9.50. The topological polar surface area (TPSA) is 0 Å². The fourth-order valence-corrected chi connectivity index (χ4v) is 28.0. The molecule has 2 aliphatic rings. The number of halogens is 2. The Morgan fingerprint density at radius 3 is 1.78 bits per heavy atom. The summed E-state index contributed by atoms with van der Waals surface area (Å²) in [6, 6.07) is 27.6. The molecule has 0 nitrogen and oxygen atoms in total. The van der Waals surface area contributed by atoms with Crippen LogP contribution >= 0.6 is 24.8 Å². The summed E-state index contributed by atoms with van der Waals surface area (Å²) in [6.45, 7) is 7.22. The molecular formula is C33H38Cl2SiZr. The average molecular weight is 625 g/mol. The van der Waals surface area contributed by atoms with Crippen molar-refractivity contribution in [2.24, 2.45) is 0 Å². The number of allylic oxidation sites excluding steroid dienone is 2. The Morgan fingerprint density at radius 2 is 1.22 bits per heavy atom. The van der Waals surface area contributed by atoms with Gasteiger partial charge in [-0.1, -0.05) is 0 Å². The SMILES string of the molecule is CCCCC1=Cc2ccc3ccccc3c2[CH]1[Zr]([CH3])([CH3])(=[SiH2])[CH]1C(C)=Cc2ccc3ccccc3c21.Cl.Cl. The van der Waals surface area contributed by atoms with Crippen LogP contribution in [0, 0.1) is 0 Å². The van der Waals surface area contributed by atoms with E-state index in [-0.39, 0.29) is 24.8 Å². The first-order chi connectivity index (χ1) is 16.8. The molecule has 6 rings (SSSR count). The molecule has 2 unspecified atom stereocenters. The molecule has 0 amide bonds. The molecule has 0 N–H and O–H groups in total. The Labute approximate surface area is 236 Å². The summed E-state index contributed by atoms with van der Waals surface area (Å²) < 4.78 is 6.71. The van der Waals surface area contributed by atoms with Crippen LogP contribution in [-0.2, 0) is 17.4 Å². The molecule has 0 aliphatic heterocycles. The zero-order chi connectivity index (χ0) is 24.4. The van der Waals surface area contributed by atoms with Gasteiger partial charge in [0.25, 0.3) is 0 Å². The van der Waals surface area contributed by atoms with Crippen molar-refractivity contribution in [1.29, 1.82) is 0 Å². The third-order valence-corrected chi connectivity index (χ3v) is 26.5. The molecule has 0 heterocycles. The van der Waals surface area contributed by atoms with E-state index in [1.165, 1.54) is 51.9 Å². The predicted octanol–water partition coefficient (Wildman–Crippen LogP) is 9.96. The molecule has 0 saturated carbocycles. The fourth-order valence-electron chi connectivity index (χ4n) is 7.61. The summed E-state index contributed by atoms with van der Waals surface area (Å²) in [5, 5.41) is 5.72. The van der Waals surface area contributed by atoms with E-state index in [0.717, 1.165) is 0 Å². The molecule has 2 aliphatic carbocycles. The predicted molar refractivity (Wildman–Crippen MR) is 169 cm³/mol. The Balaban J connectivity index is 0.00000160. The maximum atomic E-state index is 2.78. The molecule has 4 heteroatoms. The van der Waals surface area contributed by atoms with Crippen molar-refractivity contribution >= 4 is 65.4 Å². The van der Waals surface area contributed by atoms with Gasteiger partial charge in [-0.25, -0.2) is 0 Å². The Kier molecular flexibility index (Phi) is 7.93. The zero-order valence-electron chi connectivity index (χ0n) is 22.4. The molecular weight excluding hydrogens is 587 g/mol. The van der Waals surface area contributed by atoms with Crippen molar-refractivity contribution in [3.05, 3.63) is 106 Å². The summed E-state index contributed by atoms with van der Waals surface area (Å²) in [6.07, 6.45) is 8.86. The Bertz CT molecular complexity index is 1640. The Morgan fingerprint density at radius 1 is 0.703 bits per heavy atom. The van der Waals surface area contributed by atoms with Gasteiger partial charge in [0.2, 0.25) is 0 Å². The van der Waals surface area contributed by atoms with E-state index < -0.39 is 17.4 Å². The minimum atomic E-state index is -3.55. The van der Waals surface area contributed by atoms with Gasteiger partial charge in [0.1, 0.15) is 0 Å².